The van der Waals surface area contributed by atoms with Gasteiger partial charge in [-0.05, 0) is 25.0 Å². The molecular formula is C12H9ClN2O3. The first-order valence-corrected chi connectivity index (χ1v) is 5.88. The van der Waals surface area contributed by atoms with Gasteiger partial charge in [0, 0.05) is 0 Å². The molecule has 1 aromatic rings. The molecule has 0 unspecified atom stereocenters. The lowest BCUT2D eigenvalue weighted by Crippen LogP contribution is -2.59. The Morgan fingerprint density at radius 3 is 2.44 bits per heavy atom. The molecule has 1 saturated carbocycles. The van der Waals surface area contributed by atoms with E-state index in [0.29, 0.717) is 23.6 Å². The van der Waals surface area contributed by atoms with Crippen molar-refractivity contribution in [3.63, 3.8) is 0 Å². The van der Waals surface area contributed by atoms with Crippen LogP contribution < -0.4 is 10.2 Å². The average molecular weight is 265 g/mol. The van der Waals surface area contributed by atoms with Gasteiger partial charge in [0.2, 0.25) is 5.91 Å². The number of carbonyl (C=O) groups is 3. The molecule has 0 radical (unpaired) electrons. The molecule has 92 valence electrons. The molecule has 1 saturated heterocycles. The van der Waals surface area contributed by atoms with E-state index in [4.69, 9.17) is 11.6 Å². The number of nitrogens with one attached hydrogen (secondary N) is 1. The lowest BCUT2D eigenvalue weighted by molar-refractivity contribution is -0.136. The van der Waals surface area contributed by atoms with E-state index in [2.05, 4.69) is 5.32 Å². The highest BCUT2D eigenvalue weighted by molar-refractivity contribution is 6.37. The maximum atomic E-state index is 12.3. The molecule has 0 bridgehead atoms. The van der Waals surface area contributed by atoms with Crippen LogP contribution in [0.25, 0.3) is 0 Å². The Hall–Kier alpha value is -1.88. The van der Waals surface area contributed by atoms with Crippen LogP contribution in [0.5, 0.6) is 0 Å². The fourth-order valence-electron chi connectivity index (χ4n) is 2.09. The molecule has 2 fully saturated rings. The summed E-state index contributed by atoms with van der Waals surface area (Å²) in [7, 11) is 0. The highest BCUT2D eigenvalue weighted by Crippen LogP contribution is 2.50. The molecule has 4 amide bonds. The first-order chi connectivity index (χ1) is 8.56. The number of para-hydroxylation sites is 1. The standard InChI is InChI=1S/C12H9ClN2O3/c13-7-3-1-2-4-8(7)15-10(17)12(5-6-12)9(16)14-11(15)18/h1-4H,5-6H2,(H,14,16,18). The molecule has 3 rings (SSSR count). The predicted molar refractivity (Wildman–Crippen MR) is 64.1 cm³/mol. The Bertz CT molecular complexity index is 580. The van der Waals surface area contributed by atoms with Gasteiger partial charge in [-0.3, -0.25) is 14.9 Å². The Kier molecular flexibility index (Phi) is 2.22. The van der Waals surface area contributed by atoms with Crippen LogP contribution in [0.2, 0.25) is 5.02 Å². The summed E-state index contributed by atoms with van der Waals surface area (Å²) >= 11 is 5.98. The Morgan fingerprint density at radius 2 is 1.83 bits per heavy atom. The van der Waals surface area contributed by atoms with Gasteiger partial charge in [-0.2, -0.15) is 0 Å². The van der Waals surface area contributed by atoms with Crippen molar-refractivity contribution >= 4 is 35.1 Å². The van der Waals surface area contributed by atoms with Crippen molar-refractivity contribution in [1.82, 2.24) is 5.32 Å². The van der Waals surface area contributed by atoms with E-state index in [1.54, 1.807) is 24.3 Å². The monoisotopic (exact) mass is 264 g/mol. The zero-order valence-electron chi connectivity index (χ0n) is 9.27. The van der Waals surface area contributed by atoms with E-state index in [1.807, 2.05) is 0 Å². The summed E-state index contributed by atoms with van der Waals surface area (Å²) in [5, 5.41) is 2.50. The topological polar surface area (TPSA) is 66.5 Å². The third-order valence-electron chi connectivity index (χ3n) is 3.31. The zero-order valence-corrected chi connectivity index (χ0v) is 10.0. The summed E-state index contributed by atoms with van der Waals surface area (Å²) in [4.78, 5) is 36.7. The molecule has 1 heterocycles. The smallest absolute Gasteiger partial charge is 0.276 e. The molecule has 1 aliphatic carbocycles. The van der Waals surface area contributed by atoms with Gasteiger partial charge in [-0.25, -0.2) is 9.69 Å². The van der Waals surface area contributed by atoms with Crippen molar-refractivity contribution in [3.8, 4) is 0 Å². The summed E-state index contributed by atoms with van der Waals surface area (Å²) in [6, 6.07) is 5.81. The van der Waals surface area contributed by atoms with Gasteiger partial charge < -0.3 is 0 Å². The van der Waals surface area contributed by atoms with Gasteiger partial charge in [0.05, 0.1) is 10.7 Å². The van der Waals surface area contributed by atoms with Crippen LogP contribution in [0, 0.1) is 5.41 Å². The summed E-state index contributed by atoms with van der Waals surface area (Å²) < 4.78 is 0. The molecule has 2 aliphatic rings. The Balaban J connectivity index is 2.06. The second-order valence-electron chi connectivity index (χ2n) is 4.43. The lowest BCUT2D eigenvalue weighted by Gasteiger charge is -2.30. The number of carbonyl (C=O) groups excluding carboxylic acids is 3. The van der Waals surface area contributed by atoms with Crippen molar-refractivity contribution in [2.45, 2.75) is 12.8 Å². The van der Waals surface area contributed by atoms with E-state index in [-0.39, 0.29) is 0 Å². The first kappa shape index (κ1) is 11.2. The van der Waals surface area contributed by atoms with Crippen molar-refractivity contribution in [1.29, 1.82) is 0 Å². The predicted octanol–water partition coefficient (Wildman–Crippen LogP) is 1.70. The zero-order chi connectivity index (χ0) is 12.9. The fourth-order valence-corrected chi connectivity index (χ4v) is 2.31. The maximum absolute atomic E-state index is 12.3. The molecule has 1 aliphatic heterocycles. The largest absolute Gasteiger partial charge is 0.335 e. The van der Waals surface area contributed by atoms with Crippen LogP contribution in [-0.4, -0.2) is 17.8 Å². The second kappa shape index (κ2) is 3.55. The normalized spacial score (nSPS) is 21.2. The van der Waals surface area contributed by atoms with E-state index < -0.39 is 23.3 Å². The molecule has 1 N–H and O–H groups in total. The molecule has 0 atom stereocenters. The summed E-state index contributed by atoms with van der Waals surface area (Å²) in [5.74, 6) is -0.981. The van der Waals surface area contributed by atoms with Crippen molar-refractivity contribution in [3.05, 3.63) is 29.3 Å². The minimum Gasteiger partial charge on any atom is -0.276 e. The highest BCUT2D eigenvalue weighted by atomic mass is 35.5. The number of hydrogen-bond donors (Lipinski definition) is 1. The first-order valence-electron chi connectivity index (χ1n) is 5.51. The molecule has 6 heteroatoms. The molecule has 0 aromatic heterocycles. The number of urea groups is 1. The third kappa shape index (κ3) is 1.37. The van der Waals surface area contributed by atoms with E-state index in [0.717, 1.165) is 4.90 Å². The number of amides is 4. The second-order valence-corrected chi connectivity index (χ2v) is 4.84. The van der Waals surface area contributed by atoms with Crippen molar-refractivity contribution in [2.24, 2.45) is 5.41 Å². The van der Waals surface area contributed by atoms with Crippen LogP contribution >= 0.6 is 11.6 Å². The highest BCUT2D eigenvalue weighted by Gasteiger charge is 2.62. The van der Waals surface area contributed by atoms with Gasteiger partial charge in [0.1, 0.15) is 5.41 Å². The van der Waals surface area contributed by atoms with E-state index in [1.165, 1.54) is 0 Å². The number of imide groups is 2. The Labute approximate surface area is 108 Å². The van der Waals surface area contributed by atoms with Crippen LogP contribution in [-0.2, 0) is 9.59 Å². The van der Waals surface area contributed by atoms with Crippen molar-refractivity contribution in [2.75, 3.05) is 4.90 Å². The number of nitrogens with zero attached hydrogens (tertiary/aromatic N) is 1. The van der Waals surface area contributed by atoms with Gasteiger partial charge in [-0.1, -0.05) is 23.7 Å². The minimum absolute atomic E-state index is 0.297. The quantitative estimate of drug-likeness (QED) is 0.785. The number of rotatable bonds is 1. The summed E-state index contributed by atoms with van der Waals surface area (Å²) in [5.41, 5.74) is -0.743. The SMILES string of the molecule is O=C1NC(=O)C2(CC2)C(=O)N1c1ccccc1Cl. The van der Waals surface area contributed by atoms with Gasteiger partial charge in [0.15, 0.2) is 0 Å². The van der Waals surface area contributed by atoms with Gasteiger partial charge >= 0.3 is 6.03 Å². The summed E-state index contributed by atoms with van der Waals surface area (Å²) in [6.07, 6.45) is 0.956. The van der Waals surface area contributed by atoms with Crippen LogP contribution in [0.15, 0.2) is 24.3 Å². The molecule has 1 spiro atoms. The molecule has 18 heavy (non-hydrogen) atoms. The van der Waals surface area contributed by atoms with Crippen molar-refractivity contribution < 1.29 is 14.4 Å². The fraction of sp³-hybridized carbons (Fsp3) is 0.250. The maximum Gasteiger partial charge on any atom is 0.335 e. The summed E-state index contributed by atoms with van der Waals surface area (Å²) in [6.45, 7) is 0. The molecule has 5 nitrogen and oxygen atoms in total. The van der Waals surface area contributed by atoms with Crippen LogP contribution in [0.1, 0.15) is 12.8 Å². The van der Waals surface area contributed by atoms with E-state index >= 15 is 0 Å². The molecule has 1 aromatic carbocycles. The van der Waals surface area contributed by atoms with E-state index in [9.17, 15) is 14.4 Å². The lowest BCUT2D eigenvalue weighted by atomic mass is 10.0. The van der Waals surface area contributed by atoms with Gasteiger partial charge in [0.25, 0.3) is 5.91 Å². The number of barbiturate groups is 1. The molecular weight excluding hydrogens is 256 g/mol. The average Bonchev–Trinajstić information content (AvgIpc) is 3.11. The van der Waals surface area contributed by atoms with Crippen LogP contribution in [0.3, 0.4) is 0 Å². The number of anilines is 1. The number of hydrogen-bond acceptors (Lipinski definition) is 3. The minimum atomic E-state index is -1.05. The third-order valence-corrected chi connectivity index (χ3v) is 3.63. The van der Waals surface area contributed by atoms with Gasteiger partial charge in [-0.15, -0.1) is 0 Å². The number of benzene rings is 1. The van der Waals surface area contributed by atoms with Crippen LogP contribution in [0.4, 0.5) is 10.5 Å². The Morgan fingerprint density at radius 1 is 1.17 bits per heavy atom. The number of halogens is 1.